The minimum absolute atomic E-state index is 0.0233. The molecule has 0 aliphatic carbocycles. The lowest BCUT2D eigenvalue weighted by Gasteiger charge is -2.12. The number of halogens is 5. The number of nitrogens with one attached hydrogen (secondary N) is 2. The minimum Gasteiger partial charge on any atom is -0.345 e. The molecule has 0 atom stereocenters. The average molecular weight is 544 g/mol. The van der Waals surface area contributed by atoms with Gasteiger partial charge in [-0.3, -0.25) is 9.59 Å². The van der Waals surface area contributed by atoms with Gasteiger partial charge >= 0.3 is 6.18 Å². The van der Waals surface area contributed by atoms with E-state index in [2.05, 4.69) is 27.4 Å². The number of carbonyl (C=O) groups excluding carboxylic acids is 2. The molecule has 0 fully saturated rings. The second kappa shape index (κ2) is 11.6. The predicted octanol–water partition coefficient (Wildman–Crippen LogP) is 5.45. The van der Waals surface area contributed by atoms with Crippen molar-refractivity contribution in [3.63, 3.8) is 0 Å². The van der Waals surface area contributed by atoms with Crippen LogP contribution >= 0.6 is 35.0 Å². The first-order valence-electron chi connectivity index (χ1n) is 9.94. The van der Waals surface area contributed by atoms with Gasteiger partial charge in [-0.2, -0.15) is 13.2 Å². The molecule has 2 aromatic carbocycles. The van der Waals surface area contributed by atoms with Crippen molar-refractivity contribution in [3.8, 4) is 0 Å². The molecule has 1 aromatic heterocycles. The van der Waals surface area contributed by atoms with Gasteiger partial charge in [-0.05, 0) is 42.5 Å². The van der Waals surface area contributed by atoms with Crippen LogP contribution in [0.2, 0.25) is 10.0 Å². The van der Waals surface area contributed by atoms with Crippen LogP contribution in [-0.4, -0.2) is 32.3 Å². The van der Waals surface area contributed by atoms with Crippen molar-refractivity contribution in [2.24, 2.45) is 0 Å². The molecule has 2 N–H and O–H groups in total. The van der Waals surface area contributed by atoms with Crippen molar-refractivity contribution in [1.82, 2.24) is 20.1 Å². The summed E-state index contributed by atoms with van der Waals surface area (Å²) in [5.74, 6) is -0.654. The van der Waals surface area contributed by atoms with Gasteiger partial charge in [0.25, 0.3) is 5.91 Å². The molecule has 7 nitrogen and oxygen atoms in total. The lowest BCUT2D eigenvalue weighted by molar-refractivity contribution is -0.137. The first kappa shape index (κ1) is 26.6. The normalized spacial score (nSPS) is 11.2. The predicted molar refractivity (Wildman–Crippen MR) is 129 cm³/mol. The van der Waals surface area contributed by atoms with Crippen molar-refractivity contribution >= 4 is 52.5 Å². The molecule has 13 heteroatoms. The highest BCUT2D eigenvalue weighted by atomic mass is 35.5. The van der Waals surface area contributed by atoms with Gasteiger partial charge in [-0.1, -0.05) is 41.0 Å². The zero-order valence-corrected chi connectivity index (χ0v) is 20.2. The maximum Gasteiger partial charge on any atom is 0.416 e. The molecule has 0 saturated carbocycles. The molecule has 3 aromatic rings. The Morgan fingerprint density at radius 2 is 1.83 bits per heavy atom. The van der Waals surface area contributed by atoms with E-state index in [-0.39, 0.29) is 28.9 Å². The van der Waals surface area contributed by atoms with E-state index in [9.17, 15) is 22.8 Å². The van der Waals surface area contributed by atoms with E-state index in [4.69, 9.17) is 23.2 Å². The topological polar surface area (TPSA) is 88.9 Å². The van der Waals surface area contributed by atoms with Crippen molar-refractivity contribution in [1.29, 1.82) is 0 Å². The highest BCUT2D eigenvalue weighted by Gasteiger charge is 2.31. The molecule has 0 radical (unpaired) electrons. The van der Waals surface area contributed by atoms with Gasteiger partial charge in [0.05, 0.1) is 28.6 Å². The van der Waals surface area contributed by atoms with E-state index in [1.54, 1.807) is 34.9 Å². The van der Waals surface area contributed by atoms with E-state index in [0.29, 0.717) is 28.1 Å². The van der Waals surface area contributed by atoms with Crippen LogP contribution in [0, 0.1) is 0 Å². The van der Waals surface area contributed by atoms with Crippen LogP contribution in [-0.2, 0) is 24.1 Å². The highest BCUT2D eigenvalue weighted by molar-refractivity contribution is 7.99. The Kier molecular flexibility index (Phi) is 8.82. The first-order chi connectivity index (χ1) is 16.6. The number of allylic oxidation sites excluding steroid dienone is 1. The Hall–Kier alpha value is -3.02. The van der Waals surface area contributed by atoms with Crippen molar-refractivity contribution in [2.45, 2.75) is 24.4 Å². The number of hydrogen-bond donors (Lipinski definition) is 2. The molecule has 0 aliphatic rings. The third-order valence-electron chi connectivity index (χ3n) is 4.52. The van der Waals surface area contributed by atoms with E-state index in [0.717, 1.165) is 30.0 Å². The number of hydrogen-bond acceptors (Lipinski definition) is 5. The monoisotopic (exact) mass is 543 g/mol. The molecule has 0 unspecified atom stereocenters. The summed E-state index contributed by atoms with van der Waals surface area (Å²) in [7, 11) is 0. The Morgan fingerprint density at radius 3 is 2.49 bits per heavy atom. The van der Waals surface area contributed by atoms with Crippen LogP contribution in [0.15, 0.2) is 60.3 Å². The molecular formula is C22H18Cl2F3N5O2S. The molecule has 0 bridgehead atoms. The van der Waals surface area contributed by atoms with Crippen molar-refractivity contribution < 1.29 is 22.8 Å². The van der Waals surface area contributed by atoms with Gasteiger partial charge in [-0.25, -0.2) is 0 Å². The second-order valence-corrected chi connectivity index (χ2v) is 8.80. The van der Waals surface area contributed by atoms with Crippen LogP contribution in [0.3, 0.4) is 0 Å². The quantitative estimate of drug-likeness (QED) is 0.276. The van der Waals surface area contributed by atoms with Crippen LogP contribution < -0.4 is 10.6 Å². The Morgan fingerprint density at radius 1 is 1.11 bits per heavy atom. The summed E-state index contributed by atoms with van der Waals surface area (Å²) in [6.45, 7) is 4.06. The third kappa shape index (κ3) is 7.23. The van der Waals surface area contributed by atoms with Gasteiger partial charge < -0.3 is 15.2 Å². The number of benzene rings is 2. The van der Waals surface area contributed by atoms with Gasteiger partial charge in [0.15, 0.2) is 11.0 Å². The number of thioether (sulfide) groups is 1. The molecule has 2 amide bonds. The molecule has 0 spiro atoms. The van der Waals surface area contributed by atoms with Gasteiger partial charge in [-0.15, -0.1) is 16.8 Å². The summed E-state index contributed by atoms with van der Waals surface area (Å²) in [6.07, 6.45) is -2.97. The average Bonchev–Trinajstić information content (AvgIpc) is 3.19. The lowest BCUT2D eigenvalue weighted by atomic mass is 10.2. The Balaban J connectivity index is 1.63. The fourth-order valence-corrected chi connectivity index (χ4v) is 3.90. The first-order valence-corrected chi connectivity index (χ1v) is 11.7. The third-order valence-corrected chi connectivity index (χ3v) is 6.07. The summed E-state index contributed by atoms with van der Waals surface area (Å²) < 4.78 is 40.5. The lowest BCUT2D eigenvalue weighted by Crippen LogP contribution is -2.24. The summed E-state index contributed by atoms with van der Waals surface area (Å²) in [6, 6.07) is 9.04. The smallest absolute Gasteiger partial charge is 0.345 e. The number of alkyl halides is 3. The molecule has 0 saturated heterocycles. The number of carbonyl (C=O) groups is 2. The maximum absolute atomic E-state index is 12.9. The minimum atomic E-state index is -4.57. The van der Waals surface area contributed by atoms with Crippen LogP contribution in [0.25, 0.3) is 0 Å². The SMILES string of the molecule is C=CCn1c(CNC(=O)c2ccc(Cl)cc2)nnc1SCC(=O)Nc1cc(C(F)(F)F)ccc1Cl. The van der Waals surface area contributed by atoms with Crippen molar-refractivity contribution in [3.05, 3.63) is 82.1 Å². The Labute approximate surface area is 212 Å². The number of anilines is 1. The molecule has 184 valence electrons. The maximum atomic E-state index is 12.9. The largest absolute Gasteiger partial charge is 0.416 e. The fourth-order valence-electron chi connectivity index (χ4n) is 2.85. The van der Waals surface area contributed by atoms with Gasteiger partial charge in [0, 0.05) is 17.1 Å². The van der Waals surface area contributed by atoms with E-state index in [1.807, 2.05) is 0 Å². The molecule has 0 aliphatic heterocycles. The second-order valence-electron chi connectivity index (χ2n) is 7.02. The number of rotatable bonds is 9. The van der Waals surface area contributed by atoms with Gasteiger partial charge in [0.2, 0.25) is 5.91 Å². The van der Waals surface area contributed by atoms with E-state index >= 15 is 0 Å². The summed E-state index contributed by atoms with van der Waals surface area (Å²) in [5.41, 5.74) is -0.658. The van der Waals surface area contributed by atoms with Crippen LogP contribution in [0.4, 0.5) is 18.9 Å². The fraction of sp³-hybridized carbons (Fsp3) is 0.182. The number of nitrogens with zero attached hydrogens (tertiary/aromatic N) is 3. The zero-order chi connectivity index (χ0) is 25.6. The Bertz CT molecular complexity index is 1230. The number of amides is 2. The van der Waals surface area contributed by atoms with Crippen LogP contribution in [0.5, 0.6) is 0 Å². The molecule has 3 rings (SSSR count). The van der Waals surface area contributed by atoms with E-state index in [1.165, 1.54) is 0 Å². The summed E-state index contributed by atoms with van der Waals surface area (Å²) in [5, 5.41) is 14.1. The summed E-state index contributed by atoms with van der Waals surface area (Å²) >= 11 is 12.8. The molecule has 35 heavy (non-hydrogen) atoms. The zero-order valence-electron chi connectivity index (χ0n) is 17.9. The van der Waals surface area contributed by atoms with E-state index < -0.39 is 17.6 Å². The molecular weight excluding hydrogens is 526 g/mol. The van der Waals surface area contributed by atoms with Gasteiger partial charge in [0.1, 0.15) is 0 Å². The number of aromatic nitrogens is 3. The molecule has 1 heterocycles. The highest BCUT2D eigenvalue weighted by Crippen LogP contribution is 2.34. The van der Waals surface area contributed by atoms with Crippen molar-refractivity contribution in [2.75, 3.05) is 11.1 Å². The van der Waals surface area contributed by atoms with Crippen LogP contribution in [0.1, 0.15) is 21.7 Å². The standard InChI is InChI=1S/C22H18Cl2F3N5O2S/c1-2-9-32-18(11-28-20(34)13-3-6-15(23)7-4-13)30-31-21(32)35-12-19(33)29-17-10-14(22(25,26)27)5-8-16(17)24/h2-8,10H,1,9,11-12H2,(H,28,34)(H,29,33). The summed E-state index contributed by atoms with van der Waals surface area (Å²) in [4.78, 5) is 24.7.